The van der Waals surface area contributed by atoms with E-state index in [1.54, 1.807) is 0 Å². The molecule has 0 spiro atoms. The van der Waals surface area contributed by atoms with Crippen LogP contribution in [0.25, 0.3) is 0 Å². The van der Waals surface area contributed by atoms with E-state index in [4.69, 9.17) is 0 Å². The first-order chi connectivity index (χ1) is 0. The molecular weight excluding hydrogens is 94.6 g/mol. The molecular formula is H6Mg2Na2. The summed E-state index contributed by atoms with van der Waals surface area (Å²) >= 11 is 0. The quantitative estimate of drug-likeness (QED) is 0.283. The van der Waals surface area contributed by atoms with Crippen LogP contribution in [0.2, 0.25) is 0 Å². The van der Waals surface area contributed by atoms with Gasteiger partial charge in [-0.2, -0.15) is 0 Å². The van der Waals surface area contributed by atoms with Gasteiger partial charge in [-0.3, -0.25) is 0 Å². The van der Waals surface area contributed by atoms with Gasteiger partial charge in [0, 0.05) is 0 Å². The molecule has 0 nitrogen and oxygen atoms in total. The van der Waals surface area contributed by atoms with Gasteiger partial charge in [0.15, 0.2) is 0 Å². The fourth-order valence-electron chi connectivity index (χ4n) is 0. The summed E-state index contributed by atoms with van der Waals surface area (Å²) in [6, 6.07) is 0. The molecule has 0 saturated heterocycles. The van der Waals surface area contributed by atoms with Crippen LogP contribution in [0, 0.1) is 0 Å². The maximum atomic E-state index is 0. The Labute approximate surface area is 103 Å². The van der Waals surface area contributed by atoms with Crippen molar-refractivity contribution in [2.45, 2.75) is 0 Å². The van der Waals surface area contributed by atoms with Crippen LogP contribution in [-0.4, -0.2) is 105 Å². The standard InChI is InChI=1S/2Mg.2Na.6H. The van der Waals surface area contributed by atoms with Gasteiger partial charge in [-0.05, 0) is 0 Å². The number of hydrogen-bond acceptors (Lipinski definition) is 0. The van der Waals surface area contributed by atoms with Crippen molar-refractivity contribution in [3.8, 4) is 0 Å². The van der Waals surface area contributed by atoms with E-state index < -0.39 is 0 Å². The number of rotatable bonds is 0. The van der Waals surface area contributed by atoms with Crippen LogP contribution in [0.3, 0.4) is 0 Å². The zero-order chi connectivity index (χ0) is 0. The van der Waals surface area contributed by atoms with Gasteiger partial charge in [-0.15, -0.1) is 0 Å². The third-order valence-corrected chi connectivity index (χ3v) is 0. The average molecular weight is 101 g/mol. The van der Waals surface area contributed by atoms with Gasteiger partial charge in [0.25, 0.3) is 0 Å². The molecule has 12 valence electrons. The molecule has 0 bridgehead atoms. The van der Waals surface area contributed by atoms with Crippen LogP contribution in [0.1, 0.15) is 0 Å². The molecule has 0 heterocycles. The summed E-state index contributed by atoms with van der Waals surface area (Å²) in [4.78, 5) is 0. The molecule has 0 aromatic heterocycles. The molecule has 0 amide bonds. The van der Waals surface area contributed by atoms with Crippen molar-refractivity contribution in [3.05, 3.63) is 0 Å². The molecule has 0 aliphatic heterocycles. The molecule has 0 saturated carbocycles. The van der Waals surface area contributed by atoms with Crippen molar-refractivity contribution in [2.75, 3.05) is 0 Å². The maximum absolute atomic E-state index is 0. The Hall–Kier alpha value is 3.53. The van der Waals surface area contributed by atoms with Crippen molar-refractivity contribution in [2.24, 2.45) is 0 Å². The van der Waals surface area contributed by atoms with E-state index >= 15 is 0 Å². The Morgan fingerprint density at radius 3 is 0.500 bits per heavy atom. The molecule has 0 atom stereocenters. The second kappa shape index (κ2) is 16.0. The van der Waals surface area contributed by atoms with E-state index in [1.165, 1.54) is 0 Å². The zero-order valence-corrected chi connectivity index (χ0v) is 0. The summed E-state index contributed by atoms with van der Waals surface area (Å²) in [5.74, 6) is 0. The first kappa shape index (κ1) is 25.8. The Balaban J connectivity index is 0. The Morgan fingerprint density at radius 1 is 0.500 bits per heavy atom. The van der Waals surface area contributed by atoms with E-state index in [0.29, 0.717) is 0 Å². The normalized spacial score (nSPS) is 0. The van der Waals surface area contributed by atoms with Gasteiger partial charge in [0.05, 0.1) is 0 Å². The van der Waals surface area contributed by atoms with Gasteiger partial charge >= 0.3 is 105 Å². The molecule has 0 aliphatic carbocycles. The Bertz CT molecular complexity index is 4.00. The van der Waals surface area contributed by atoms with Crippen molar-refractivity contribution in [1.29, 1.82) is 0 Å². The molecule has 0 aromatic rings. The van der Waals surface area contributed by atoms with E-state index in [9.17, 15) is 0 Å². The van der Waals surface area contributed by atoms with Crippen LogP contribution in [0.5, 0.6) is 0 Å². The van der Waals surface area contributed by atoms with Crippen molar-refractivity contribution >= 4 is 105 Å². The minimum absolute atomic E-state index is 0. The second-order valence-corrected chi connectivity index (χ2v) is 0. The van der Waals surface area contributed by atoms with Gasteiger partial charge in [-0.25, -0.2) is 0 Å². The van der Waals surface area contributed by atoms with E-state index in [1.807, 2.05) is 0 Å². The van der Waals surface area contributed by atoms with Crippen LogP contribution < -0.4 is 0 Å². The summed E-state index contributed by atoms with van der Waals surface area (Å²) < 4.78 is 0. The molecule has 4 heteroatoms. The third kappa shape index (κ3) is 9.11. The summed E-state index contributed by atoms with van der Waals surface area (Å²) in [7, 11) is 0. The van der Waals surface area contributed by atoms with E-state index in [-0.39, 0.29) is 105 Å². The molecule has 4 heavy (non-hydrogen) atoms. The second-order valence-electron chi connectivity index (χ2n) is 0. The van der Waals surface area contributed by atoms with Crippen LogP contribution >= 0.6 is 0 Å². The molecule has 0 rings (SSSR count). The average Bonchev–Trinajstić information content (AvgIpc) is 0. The molecule has 0 N–H and O–H groups in total. The SMILES string of the molecule is [MgH2].[MgH2].[NaH].[NaH]. The molecule has 0 unspecified atom stereocenters. The Kier molecular flexibility index (Phi) is 103. The van der Waals surface area contributed by atoms with E-state index in [2.05, 4.69) is 0 Å². The molecule has 0 radical (unpaired) electrons. The van der Waals surface area contributed by atoms with E-state index in [0.717, 1.165) is 0 Å². The number of hydrogen-bond donors (Lipinski definition) is 0. The Morgan fingerprint density at radius 2 is 0.500 bits per heavy atom. The fourth-order valence-corrected chi connectivity index (χ4v) is 0. The van der Waals surface area contributed by atoms with Gasteiger partial charge in [0.1, 0.15) is 0 Å². The first-order valence-electron chi connectivity index (χ1n) is 0. The summed E-state index contributed by atoms with van der Waals surface area (Å²) in [6.45, 7) is 0. The topological polar surface area (TPSA) is 0 Å². The monoisotopic (exact) mass is 100.0 g/mol. The first-order valence-corrected chi connectivity index (χ1v) is 0. The predicted molar refractivity (Wildman–Crippen MR) is 31.4 cm³/mol. The van der Waals surface area contributed by atoms with Crippen molar-refractivity contribution in [3.63, 3.8) is 0 Å². The van der Waals surface area contributed by atoms with Gasteiger partial charge in [-0.1, -0.05) is 0 Å². The summed E-state index contributed by atoms with van der Waals surface area (Å²) in [5.41, 5.74) is 0. The van der Waals surface area contributed by atoms with Crippen molar-refractivity contribution in [1.82, 2.24) is 0 Å². The molecule has 0 aromatic carbocycles. The zero-order valence-electron chi connectivity index (χ0n) is 0. The van der Waals surface area contributed by atoms with Crippen molar-refractivity contribution < 1.29 is 0 Å². The molecule has 0 fully saturated rings. The van der Waals surface area contributed by atoms with Gasteiger partial charge in [0.2, 0.25) is 0 Å². The predicted octanol–water partition coefficient (Wildman–Crippen LogP) is -3.13. The van der Waals surface area contributed by atoms with Crippen LogP contribution in [-0.2, 0) is 0 Å². The minimum atomic E-state index is 0. The summed E-state index contributed by atoms with van der Waals surface area (Å²) in [5, 5.41) is 0. The fraction of sp³-hybridized carbons (Fsp3) is 0. The van der Waals surface area contributed by atoms with Crippen LogP contribution in [0.4, 0.5) is 0 Å². The summed E-state index contributed by atoms with van der Waals surface area (Å²) in [6.07, 6.45) is 0. The van der Waals surface area contributed by atoms with Crippen LogP contribution in [0.15, 0.2) is 0 Å². The third-order valence-electron chi connectivity index (χ3n) is 0. The van der Waals surface area contributed by atoms with Gasteiger partial charge < -0.3 is 0 Å². The molecule has 0 aliphatic rings.